The Bertz CT molecular complexity index is 765. The molecule has 1 heterocycles. The van der Waals surface area contributed by atoms with Gasteiger partial charge in [0.2, 0.25) is 5.78 Å². The number of nitriles is 1. The molecule has 0 saturated carbocycles. The van der Waals surface area contributed by atoms with Crippen LogP contribution in [0.2, 0.25) is 5.02 Å². The zero-order valence-electron chi connectivity index (χ0n) is 10.9. The van der Waals surface area contributed by atoms with E-state index >= 15 is 0 Å². The summed E-state index contributed by atoms with van der Waals surface area (Å²) in [5.41, 5.74) is 1.88. The molecule has 0 aliphatic carbocycles. The topological polar surface area (TPSA) is 59.3 Å². The van der Waals surface area contributed by atoms with Crippen molar-refractivity contribution in [3.63, 3.8) is 0 Å². The van der Waals surface area contributed by atoms with E-state index < -0.39 is 0 Å². The summed E-state index contributed by atoms with van der Waals surface area (Å²) in [6.45, 7) is 0.359. The van der Waals surface area contributed by atoms with Gasteiger partial charge in [-0.15, -0.1) is 0 Å². The van der Waals surface area contributed by atoms with Gasteiger partial charge in [-0.2, -0.15) is 5.26 Å². The van der Waals surface area contributed by atoms with E-state index in [4.69, 9.17) is 26.3 Å². The third-order valence-electron chi connectivity index (χ3n) is 3.19. The fraction of sp³-hybridized carbons (Fsp3) is 0.125. The fourth-order valence-electron chi connectivity index (χ4n) is 2.06. The molecule has 1 aliphatic rings. The van der Waals surface area contributed by atoms with E-state index in [0.29, 0.717) is 27.6 Å². The highest BCUT2D eigenvalue weighted by Gasteiger charge is 2.21. The van der Waals surface area contributed by atoms with E-state index in [-0.39, 0.29) is 19.0 Å². The SMILES string of the molecule is N#Cc1ccc(COc2ccc3c(c2)OCC3=O)c(Cl)c1. The number of hydrogen-bond acceptors (Lipinski definition) is 4. The lowest BCUT2D eigenvalue weighted by Gasteiger charge is -2.09. The number of Topliss-reactive ketones (excluding diaryl/α,β-unsaturated/α-hetero) is 1. The molecule has 5 heteroatoms. The van der Waals surface area contributed by atoms with Crippen LogP contribution in [-0.2, 0) is 6.61 Å². The average molecular weight is 300 g/mol. The Balaban J connectivity index is 1.74. The number of ether oxygens (including phenoxy) is 2. The van der Waals surface area contributed by atoms with Crippen LogP contribution < -0.4 is 9.47 Å². The van der Waals surface area contributed by atoms with E-state index in [1.165, 1.54) is 0 Å². The zero-order chi connectivity index (χ0) is 14.8. The van der Waals surface area contributed by atoms with Gasteiger partial charge in [-0.1, -0.05) is 17.7 Å². The predicted octanol–water partition coefficient (Wildman–Crippen LogP) is 3.37. The molecule has 0 aromatic heterocycles. The molecule has 4 nitrogen and oxygen atoms in total. The molecule has 0 saturated heterocycles. The van der Waals surface area contributed by atoms with Gasteiger partial charge in [0.25, 0.3) is 0 Å². The summed E-state index contributed by atoms with van der Waals surface area (Å²) in [5.74, 6) is 1.12. The highest BCUT2D eigenvalue weighted by atomic mass is 35.5. The van der Waals surface area contributed by atoms with Gasteiger partial charge in [-0.25, -0.2) is 0 Å². The van der Waals surface area contributed by atoms with Gasteiger partial charge in [-0.3, -0.25) is 4.79 Å². The van der Waals surface area contributed by atoms with Crippen molar-refractivity contribution in [2.75, 3.05) is 6.61 Å². The molecule has 1 aliphatic heterocycles. The number of carbonyl (C=O) groups excluding carboxylic acids is 1. The van der Waals surface area contributed by atoms with Crippen LogP contribution in [0.3, 0.4) is 0 Å². The van der Waals surface area contributed by atoms with Crippen LogP contribution >= 0.6 is 11.6 Å². The minimum absolute atomic E-state index is 0.0216. The lowest BCUT2D eigenvalue weighted by Crippen LogP contribution is -1.98. The summed E-state index contributed by atoms with van der Waals surface area (Å²) < 4.78 is 10.9. The molecule has 0 spiro atoms. The van der Waals surface area contributed by atoms with Gasteiger partial charge in [0, 0.05) is 16.7 Å². The quantitative estimate of drug-likeness (QED) is 0.872. The molecule has 0 amide bonds. The molecular formula is C16H10ClNO3. The van der Waals surface area contributed by atoms with Crippen LogP contribution in [0.25, 0.3) is 0 Å². The molecule has 0 N–H and O–H groups in total. The monoisotopic (exact) mass is 299 g/mol. The van der Waals surface area contributed by atoms with Gasteiger partial charge in [-0.05, 0) is 24.3 Å². The Kier molecular flexibility index (Phi) is 3.51. The molecule has 0 radical (unpaired) electrons. The molecule has 0 bridgehead atoms. The Morgan fingerprint density at radius 1 is 1.29 bits per heavy atom. The molecule has 3 rings (SSSR count). The lowest BCUT2D eigenvalue weighted by molar-refractivity contribution is 0.0961. The predicted molar refractivity (Wildman–Crippen MR) is 76.8 cm³/mol. The summed E-state index contributed by atoms with van der Waals surface area (Å²) in [6.07, 6.45) is 0. The second-order valence-electron chi connectivity index (χ2n) is 4.58. The third kappa shape index (κ3) is 2.69. The molecule has 2 aromatic carbocycles. The first kappa shape index (κ1) is 13.5. The maximum atomic E-state index is 11.5. The van der Waals surface area contributed by atoms with Crippen molar-refractivity contribution in [3.05, 3.63) is 58.1 Å². The second kappa shape index (κ2) is 5.47. The van der Waals surface area contributed by atoms with E-state index in [9.17, 15) is 4.79 Å². The maximum Gasteiger partial charge on any atom is 0.203 e. The van der Waals surface area contributed by atoms with Crippen LogP contribution in [0.5, 0.6) is 11.5 Å². The van der Waals surface area contributed by atoms with E-state index in [0.717, 1.165) is 5.56 Å². The second-order valence-corrected chi connectivity index (χ2v) is 4.98. The smallest absolute Gasteiger partial charge is 0.203 e. The number of ketones is 1. The van der Waals surface area contributed by atoms with Crippen LogP contribution in [0.4, 0.5) is 0 Å². The van der Waals surface area contributed by atoms with Crippen LogP contribution in [-0.4, -0.2) is 12.4 Å². The molecule has 2 aromatic rings. The molecule has 0 atom stereocenters. The number of fused-ring (bicyclic) bond motifs is 1. The van der Waals surface area contributed by atoms with Gasteiger partial charge in [0.15, 0.2) is 6.61 Å². The van der Waals surface area contributed by atoms with Gasteiger partial charge in [0.1, 0.15) is 18.1 Å². The van der Waals surface area contributed by atoms with Crippen molar-refractivity contribution in [1.82, 2.24) is 0 Å². The van der Waals surface area contributed by atoms with Crippen molar-refractivity contribution in [1.29, 1.82) is 5.26 Å². The first-order valence-electron chi connectivity index (χ1n) is 6.29. The summed E-state index contributed by atoms with van der Waals surface area (Å²) >= 11 is 6.09. The molecule has 0 unspecified atom stereocenters. The number of halogens is 1. The molecule has 104 valence electrons. The Labute approximate surface area is 126 Å². The highest BCUT2D eigenvalue weighted by Crippen LogP contribution is 2.30. The number of rotatable bonds is 3. The van der Waals surface area contributed by atoms with Gasteiger partial charge >= 0.3 is 0 Å². The lowest BCUT2D eigenvalue weighted by atomic mass is 10.1. The Hall–Kier alpha value is -2.51. The summed E-state index contributed by atoms with van der Waals surface area (Å²) in [4.78, 5) is 11.5. The Morgan fingerprint density at radius 2 is 2.14 bits per heavy atom. The highest BCUT2D eigenvalue weighted by molar-refractivity contribution is 6.31. The van der Waals surface area contributed by atoms with Crippen LogP contribution in [0, 0.1) is 11.3 Å². The number of benzene rings is 2. The van der Waals surface area contributed by atoms with Crippen molar-refractivity contribution < 1.29 is 14.3 Å². The van der Waals surface area contributed by atoms with E-state index in [1.54, 1.807) is 36.4 Å². The minimum Gasteiger partial charge on any atom is -0.489 e. The van der Waals surface area contributed by atoms with Crippen molar-refractivity contribution >= 4 is 17.4 Å². The van der Waals surface area contributed by atoms with E-state index in [2.05, 4.69) is 0 Å². The molecular weight excluding hydrogens is 290 g/mol. The first-order valence-corrected chi connectivity index (χ1v) is 6.66. The number of hydrogen-bond donors (Lipinski definition) is 0. The average Bonchev–Trinajstić information content (AvgIpc) is 2.87. The molecule has 21 heavy (non-hydrogen) atoms. The fourth-order valence-corrected chi connectivity index (χ4v) is 2.29. The van der Waals surface area contributed by atoms with Crippen LogP contribution in [0.1, 0.15) is 21.5 Å². The van der Waals surface area contributed by atoms with Crippen molar-refractivity contribution in [2.24, 2.45) is 0 Å². The maximum absolute atomic E-state index is 11.5. The number of nitrogens with zero attached hydrogens (tertiary/aromatic N) is 1. The normalized spacial score (nSPS) is 12.5. The Morgan fingerprint density at radius 3 is 2.90 bits per heavy atom. The van der Waals surface area contributed by atoms with E-state index in [1.807, 2.05) is 6.07 Å². The summed E-state index contributed by atoms with van der Waals surface area (Å²) in [7, 11) is 0. The van der Waals surface area contributed by atoms with Crippen molar-refractivity contribution in [2.45, 2.75) is 6.61 Å². The van der Waals surface area contributed by atoms with Gasteiger partial charge < -0.3 is 9.47 Å². The standard InChI is InChI=1S/C16H10ClNO3/c17-14-5-10(7-18)1-2-11(14)8-20-12-3-4-13-15(19)9-21-16(13)6-12/h1-6H,8-9H2. The van der Waals surface area contributed by atoms with Gasteiger partial charge in [0.05, 0.1) is 17.2 Å². The van der Waals surface area contributed by atoms with Crippen LogP contribution in [0.15, 0.2) is 36.4 Å². The molecule has 0 fully saturated rings. The summed E-state index contributed by atoms with van der Waals surface area (Å²) in [6, 6.07) is 12.2. The minimum atomic E-state index is -0.0216. The first-order chi connectivity index (χ1) is 10.2. The zero-order valence-corrected chi connectivity index (χ0v) is 11.7. The third-order valence-corrected chi connectivity index (χ3v) is 3.54. The number of carbonyl (C=O) groups is 1. The largest absolute Gasteiger partial charge is 0.489 e. The summed E-state index contributed by atoms with van der Waals surface area (Å²) in [5, 5.41) is 9.28. The van der Waals surface area contributed by atoms with Crippen molar-refractivity contribution in [3.8, 4) is 17.6 Å².